The quantitative estimate of drug-likeness (QED) is 0.541. The maximum absolute atomic E-state index is 12.3. The molecule has 0 aromatic rings. The second-order valence-corrected chi connectivity index (χ2v) is 5.23. The Morgan fingerprint density at radius 3 is 2.81 bits per heavy atom. The zero-order valence-electron chi connectivity index (χ0n) is 10.00. The summed E-state index contributed by atoms with van der Waals surface area (Å²) < 4.78 is 0. The molecule has 2 nitrogen and oxygen atoms in total. The van der Waals surface area contributed by atoms with Crippen LogP contribution in [0.4, 0.5) is 0 Å². The predicted octanol–water partition coefficient (Wildman–Crippen LogP) is 2.92. The van der Waals surface area contributed by atoms with Crippen LogP contribution in [0.2, 0.25) is 0 Å². The molecule has 88 valence electrons. The first-order valence-corrected chi connectivity index (χ1v) is 6.33. The van der Waals surface area contributed by atoms with Crippen LogP contribution in [-0.4, -0.2) is 12.1 Å². The smallest absolute Gasteiger partial charge is 0.143 e. The zero-order valence-corrected chi connectivity index (χ0v) is 10.00. The Kier molecular flexibility index (Phi) is 3.00. The average molecular weight is 220 g/mol. The summed E-state index contributed by atoms with van der Waals surface area (Å²) in [4.78, 5) is 23.4. The lowest BCUT2D eigenvalue weighted by atomic mass is 9.60. The van der Waals surface area contributed by atoms with Crippen LogP contribution >= 0.6 is 0 Å². The van der Waals surface area contributed by atoms with Crippen LogP contribution in [0.5, 0.6) is 0 Å². The van der Waals surface area contributed by atoms with Crippen molar-refractivity contribution >= 4 is 12.1 Å². The summed E-state index contributed by atoms with van der Waals surface area (Å²) in [6.07, 6.45) is 6.19. The van der Waals surface area contributed by atoms with Crippen LogP contribution in [0.15, 0.2) is 12.2 Å². The molecular formula is C14H20O2. The molecule has 2 rings (SSSR count). The van der Waals surface area contributed by atoms with Gasteiger partial charge in [-0.25, -0.2) is 0 Å². The molecule has 2 aliphatic rings. The molecule has 2 heteroatoms. The van der Waals surface area contributed by atoms with Gasteiger partial charge < -0.3 is 4.79 Å². The summed E-state index contributed by atoms with van der Waals surface area (Å²) in [6.45, 7) is 6.22. The van der Waals surface area contributed by atoms with Gasteiger partial charge in [0, 0.05) is 12.3 Å². The minimum absolute atomic E-state index is 0.0866. The fourth-order valence-electron chi connectivity index (χ4n) is 3.83. The van der Waals surface area contributed by atoms with Crippen LogP contribution in [0, 0.1) is 17.3 Å². The SMILES string of the molecule is C=C1CC[C@@H]2[C@H](C=O)CCC(=O)[C@]12CCC. The number of carbonyl (C=O) groups is 2. The summed E-state index contributed by atoms with van der Waals surface area (Å²) in [5, 5.41) is 0. The molecule has 16 heavy (non-hydrogen) atoms. The van der Waals surface area contributed by atoms with E-state index in [0.29, 0.717) is 12.2 Å². The van der Waals surface area contributed by atoms with Crippen LogP contribution in [0.1, 0.15) is 45.4 Å². The molecular weight excluding hydrogens is 200 g/mol. The second-order valence-electron chi connectivity index (χ2n) is 5.23. The first-order valence-electron chi connectivity index (χ1n) is 6.33. The minimum atomic E-state index is -0.335. The normalized spacial score (nSPS) is 38.6. The predicted molar refractivity (Wildman–Crippen MR) is 63.0 cm³/mol. The van der Waals surface area contributed by atoms with Gasteiger partial charge in [-0.2, -0.15) is 0 Å². The summed E-state index contributed by atoms with van der Waals surface area (Å²) in [7, 11) is 0. The van der Waals surface area contributed by atoms with Gasteiger partial charge in [-0.1, -0.05) is 25.5 Å². The fraction of sp³-hybridized carbons (Fsp3) is 0.714. The van der Waals surface area contributed by atoms with Crippen molar-refractivity contribution in [2.24, 2.45) is 17.3 Å². The third-order valence-electron chi connectivity index (χ3n) is 4.56. The maximum Gasteiger partial charge on any atom is 0.143 e. The Morgan fingerprint density at radius 1 is 1.44 bits per heavy atom. The Hall–Kier alpha value is -0.920. The molecule has 2 saturated carbocycles. The number of ketones is 1. The lowest BCUT2D eigenvalue weighted by Crippen LogP contribution is -2.44. The first kappa shape index (κ1) is 11.6. The zero-order chi connectivity index (χ0) is 11.8. The molecule has 0 radical (unpaired) electrons. The van der Waals surface area contributed by atoms with E-state index in [0.717, 1.165) is 44.0 Å². The molecule has 2 aliphatic carbocycles. The lowest BCUT2D eigenvalue weighted by Gasteiger charge is -2.41. The lowest BCUT2D eigenvalue weighted by molar-refractivity contribution is -0.135. The van der Waals surface area contributed by atoms with Crippen molar-refractivity contribution < 1.29 is 9.59 Å². The van der Waals surface area contributed by atoms with Gasteiger partial charge in [0.1, 0.15) is 12.1 Å². The van der Waals surface area contributed by atoms with E-state index in [4.69, 9.17) is 0 Å². The number of fused-ring (bicyclic) bond motifs is 1. The van der Waals surface area contributed by atoms with E-state index in [1.807, 2.05) is 0 Å². The summed E-state index contributed by atoms with van der Waals surface area (Å²) in [5.74, 6) is 0.683. The van der Waals surface area contributed by atoms with Crippen molar-refractivity contribution in [2.75, 3.05) is 0 Å². The Morgan fingerprint density at radius 2 is 2.19 bits per heavy atom. The van der Waals surface area contributed by atoms with Gasteiger partial charge in [0.05, 0.1) is 5.41 Å². The molecule has 2 fully saturated rings. The number of carbonyl (C=O) groups excluding carboxylic acids is 2. The highest BCUT2D eigenvalue weighted by molar-refractivity contribution is 5.90. The highest BCUT2D eigenvalue weighted by Gasteiger charge is 2.54. The van der Waals surface area contributed by atoms with Gasteiger partial charge >= 0.3 is 0 Å². The highest BCUT2D eigenvalue weighted by atomic mass is 16.1. The van der Waals surface area contributed by atoms with Gasteiger partial charge in [0.15, 0.2) is 0 Å². The van der Waals surface area contributed by atoms with Gasteiger partial charge in [0.25, 0.3) is 0 Å². The van der Waals surface area contributed by atoms with Crippen molar-refractivity contribution in [3.8, 4) is 0 Å². The van der Waals surface area contributed by atoms with Crippen LogP contribution in [0.3, 0.4) is 0 Å². The Labute approximate surface area is 97.1 Å². The Balaban J connectivity index is 2.40. The van der Waals surface area contributed by atoms with Gasteiger partial charge in [-0.3, -0.25) is 4.79 Å². The molecule has 3 atom stereocenters. The minimum Gasteiger partial charge on any atom is -0.303 e. The van der Waals surface area contributed by atoms with E-state index in [9.17, 15) is 9.59 Å². The van der Waals surface area contributed by atoms with Crippen LogP contribution in [0.25, 0.3) is 0 Å². The van der Waals surface area contributed by atoms with E-state index in [1.54, 1.807) is 0 Å². The summed E-state index contributed by atoms with van der Waals surface area (Å²) in [5.41, 5.74) is 0.759. The molecule has 0 saturated heterocycles. The third-order valence-corrected chi connectivity index (χ3v) is 4.56. The van der Waals surface area contributed by atoms with Crippen molar-refractivity contribution in [1.82, 2.24) is 0 Å². The molecule has 0 bridgehead atoms. The Bertz CT molecular complexity index is 332. The molecule has 0 N–H and O–H groups in total. The third kappa shape index (κ3) is 1.39. The van der Waals surface area contributed by atoms with Gasteiger partial charge in [-0.05, 0) is 31.6 Å². The van der Waals surface area contributed by atoms with Crippen LogP contribution < -0.4 is 0 Å². The summed E-state index contributed by atoms with van der Waals surface area (Å²) in [6, 6.07) is 0. The molecule has 0 aromatic carbocycles. The van der Waals surface area contributed by atoms with Gasteiger partial charge in [-0.15, -0.1) is 0 Å². The van der Waals surface area contributed by atoms with Crippen molar-refractivity contribution in [2.45, 2.75) is 45.4 Å². The number of hydrogen-bond acceptors (Lipinski definition) is 2. The number of aldehydes is 1. The molecule has 0 aromatic heterocycles. The molecule has 0 aliphatic heterocycles. The number of hydrogen-bond donors (Lipinski definition) is 0. The highest BCUT2D eigenvalue weighted by Crippen LogP contribution is 2.57. The van der Waals surface area contributed by atoms with Crippen molar-refractivity contribution in [3.05, 3.63) is 12.2 Å². The number of rotatable bonds is 3. The number of Topliss-reactive ketones (excluding diaryl/α,β-unsaturated/α-hetero) is 1. The maximum atomic E-state index is 12.3. The van der Waals surface area contributed by atoms with Crippen molar-refractivity contribution in [1.29, 1.82) is 0 Å². The molecule has 0 unspecified atom stereocenters. The van der Waals surface area contributed by atoms with E-state index in [1.165, 1.54) is 0 Å². The van der Waals surface area contributed by atoms with E-state index >= 15 is 0 Å². The van der Waals surface area contributed by atoms with E-state index in [-0.39, 0.29) is 17.3 Å². The molecule has 0 heterocycles. The second kappa shape index (κ2) is 4.15. The first-order chi connectivity index (χ1) is 7.66. The fourth-order valence-corrected chi connectivity index (χ4v) is 3.83. The standard InChI is InChI=1S/C14H20O2/c1-3-8-14-10(2)4-6-12(14)11(9-15)5-7-13(14)16/h9,11-12H,2-8H2,1H3/t11-,12+,14+/m0/s1. The average Bonchev–Trinajstić information content (AvgIpc) is 2.60. The monoisotopic (exact) mass is 220 g/mol. The molecule has 0 amide bonds. The molecule has 0 spiro atoms. The van der Waals surface area contributed by atoms with Crippen molar-refractivity contribution in [3.63, 3.8) is 0 Å². The van der Waals surface area contributed by atoms with Gasteiger partial charge in [0.2, 0.25) is 0 Å². The largest absolute Gasteiger partial charge is 0.303 e. The topological polar surface area (TPSA) is 34.1 Å². The summed E-state index contributed by atoms with van der Waals surface area (Å²) >= 11 is 0. The van der Waals surface area contributed by atoms with Crippen LogP contribution in [-0.2, 0) is 9.59 Å². The van der Waals surface area contributed by atoms with E-state index in [2.05, 4.69) is 13.5 Å². The number of allylic oxidation sites excluding steroid dienone is 1. The van der Waals surface area contributed by atoms with E-state index < -0.39 is 0 Å².